The number of halogens is 2. The summed E-state index contributed by atoms with van der Waals surface area (Å²) in [5, 5.41) is 10.1. The summed E-state index contributed by atoms with van der Waals surface area (Å²) in [6, 6.07) is 14.3. The second kappa shape index (κ2) is 11.7. The van der Waals surface area contributed by atoms with E-state index in [-0.39, 0.29) is 28.6 Å². The smallest absolute Gasteiger partial charge is 0.267 e. The Labute approximate surface area is 235 Å². The van der Waals surface area contributed by atoms with Gasteiger partial charge in [0.05, 0.1) is 0 Å². The number of amidine groups is 1. The van der Waals surface area contributed by atoms with Crippen LogP contribution in [0.2, 0.25) is 0 Å². The normalized spacial score (nSPS) is 14.2. The van der Waals surface area contributed by atoms with Gasteiger partial charge in [0.25, 0.3) is 11.5 Å². The number of nitrogens with two attached hydrogens (primary N) is 1. The fourth-order valence-electron chi connectivity index (χ4n) is 5.12. The van der Waals surface area contributed by atoms with Crippen LogP contribution in [-0.4, -0.2) is 47.8 Å². The number of amides is 1. The number of aromatic nitrogens is 2. The number of aliphatic imine (C=N–C) groups is 1. The number of nitrogens with one attached hydrogen (secondary N) is 2. The molecule has 0 bridgehead atoms. The van der Waals surface area contributed by atoms with E-state index in [0.29, 0.717) is 16.9 Å². The molecule has 9 nitrogen and oxygen atoms in total. The van der Waals surface area contributed by atoms with Crippen LogP contribution in [0.3, 0.4) is 0 Å². The molecule has 0 radical (unpaired) electrons. The number of piperidine rings is 1. The highest BCUT2D eigenvalue weighted by Gasteiger charge is 2.27. The SMILES string of the molecule is C=Nn1c(C2CCNCC2)cc(-c2ccc(NC(=O)c3cccn(-c4ccc(F)cc4)c3=O)cc2F)c1C(N)=NC. The number of carbonyl (C=O) groups is 1. The van der Waals surface area contributed by atoms with Crippen molar-refractivity contribution < 1.29 is 13.6 Å². The zero-order valence-corrected chi connectivity index (χ0v) is 22.4. The molecule has 210 valence electrons. The van der Waals surface area contributed by atoms with E-state index in [1.807, 2.05) is 6.07 Å². The summed E-state index contributed by atoms with van der Waals surface area (Å²) in [6.45, 7) is 5.42. The lowest BCUT2D eigenvalue weighted by molar-refractivity contribution is 0.102. The van der Waals surface area contributed by atoms with Crippen LogP contribution >= 0.6 is 0 Å². The lowest BCUT2D eigenvalue weighted by Crippen LogP contribution is -2.28. The van der Waals surface area contributed by atoms with Crippen LogP contribution in [-0.2, 0) is 0 Å². The third-order valence-electron chi connectivity index (χ3n) is 7.20. The van der Waals surface area contributed by atoms with Gasteiger partial charge in [-0.25, -0.2) is 13.5 Å². The molecular formula is C30H29F2N7O2. The Bertz CT molecular complexity index is 1700. The van der Waals surface area contributed by atoms with Crippen LogP contribution in [0.15, 0.2) is 81.7 Å². The molecule has 1 aliphatic heterocycles. The molecule has 0 saturated carbocycles. The molecule has 1 saturated heterocycles. The minimum Gasteiger partial charge on any atom is -0.382 e. The average molecular weight is 558 g/mol. The molecule has 4 aromatic rings. The molecule has 2 aromatic heterocycles. The minimum atomic E-state index is -0.711. The number of nitrogens with zero attached hydrogens (tertiary/aromatic N) is 4. The van der Waals surface area contributed by atoms with Gasteiger partial charge in [0.15, 0.2) is 0 Å². The molecule has 0 unspecified atom stereocenters. The first-order chi connectivity index (χ1) is 19.8. The maximum absolute atomic E-state index is 15.6. The molecule has 11 heteroatoms. The van der Waals surface area contributed by atoms with E-state index in [0.717, 1.165) is 31.6 Å². The van der Waals surface area contributed by atoms with Gasteiger partial charge < -0.3 is 16.4 Å². The molecule has 1 aliphatic rings. The Hall–Kier alpha value is -4.90. The van der Waals surface area contributed by atoms with Crippen LogP contribution in [0.5, 0.6) is 0 Å². The first kappa shape index (κ1) is 27.7. The maximum atomic E-state index is 15.6. The van der Waals surface area contributed by atoms with Gasteiger partial charge in [-0.2, -0.15) is 5.10 Å². The van der Waals surface area contributed by atoms with E-state index >= 15 is 4.39 Å². The molecule has 0 spiro atoms. The van der Waals surface area contributed by atoms with Crippen LogP contribution in [0.25, 0.3) is 16.8 Å². The van der Waals surface area contributed by atoms with Crippen molar-refractivity contribution in [3.05, 3.63) is 106 Å². The molecule has 2 aromatic carbocycles. The van der Waals surface area contributed by atoms with Crippen molar-refractivity contribution >= 4 is 24.1 Å². The van der Waals surface area contributed by atoms with Crippen molar-refractivity contribution in [3.8, 4) is 16.8 Å². The molecule has 41 heavy (non-hydrogen) atoms. The zero-order chi connectivity index (χ0) is 29.1. The van der Waals surface area contributed by atoms with Gasteiger partial charge >= 0.3 is 0 Å². The predicted octanol–water partition coefficient (Wildman–Crippen LogP) is 4.10. The Balaban J connectivity index is 1.47. The van der Waals surface area contributed by atoms with Gasteiger partial charge in [0, 0.05) is 54.1 Å². The summed E-state index contributed by atoms with van der Waals surface area (Å²) in [7, 11) is 1.55. The van der Waals surface area contributed by atoms with Crippen molar-refractivity contribution in [1.29, 1.82) is 0 Å². The van der Waals surface area contributed by atoms with E-state index in [1.165, 1.54) is 59.3 Å². The molecule has 1 fully saturated rings. The number of hydrogen-bond donors (Lipinski definition) is 3. The van der Waals surface area contributed by atoms with E-state index in [1.54, 1.807) is 17.8 Å². The molecule has 5 rings (SSSR count). The van der Waals surface area contributed by atoms with Gasteiger partial charge in [-0.15, -0.1) is 0 Å². The van der Waals surface area contributed by atoms with Crippen molar-refractivity contribution in [2.45, 2.75) is 18.8 Å². The third-order valence-corrected chi connectivity index (χ3v) is 7.20. The van der Waals surface area contributed by atoms with Crippen molar-refractivity contribution in [3.63, 3.8) is 0 Å². The third kappa shape index (κ3) is 5.44. The van der Waals surface area contributed by atoms with E-state index in [9.17, 15) is 14.0 Å². The number of anilines is 1. The summed E-state index contributed by atoms with van der Waals surface area (Å²) in [6.07, 6.45) is 3.25. The highest BCUT2D eigenvalue weighted by Crippen LogP contribution is 2.36. The standard InChI is InChI=1S/C30H29F2N7O2/c1-34-28(33)27-24(17-26(39(27)35-2)18-11-13-36-14-12-18)22-10-7-20(16-25(22)32)37-29(40)23-4-3-15-38(30(23)41)21-8-5-19(31)6-9-21/h3-10,15-18,36H,2,11-14H2,1H3,(H2,33,34)(H,37,40). The number of pyridine rings is 1. The van der Waals surface area contributed by atoms with E-state index in [2.05, 4.69) is 27.4 Å². The molecule has 0 atom stereocenters. The van der Waals surface area contributed by atoms with Gasteiger partial charge in [0.2, 0.25) is 0 Å². The first-order valence-electron chi connectivity index (χ1n) is 13.1. The highest BCUT2D eigenvalue weighted by atomic mass is 19.1. The summed E-state index contributed by atoms with van der Waals surface area (Å²) in [5.41, 5.74) is 8.11. The van der Waals surface area contributed by atoms with Gasteiger partial charge in [-0.3, -0.25) is 19.1 Å². The highest BCUT2D eigenvalue weighted by molar-refractivity contribution is 6.05. The van der Waals surface area contributed by atoms with Crippen molar-refractivity contribution in [2.75, 3.05) is 25.5 Å². The fraction of sp³-hybridized carbons (Fsp3) is 0.200. The number of carbonyl (C=O) groups excluding carboxylic acids is 1. The van der Waals surface area contributed by atoms with Crippen LogP contribution in [0, 0.1) is 11.6 Å². The molecule has 1 amide bonds. The quantitative estimate of drug-likeness (QED) is 0.234. The average Bonchev–Trinajstić information content (AvgIpc) is 3.37. The van der Waals surface area contributed by atoms with Gasteiger partial charge in [0.1, 0.15) is 28.7 Å². The zero-order valence-electron chi connectivity index (χ0n) is 22.4. The number of rotatable bonds is 7. The molecule has 4 N–H and O–H groups in total. The fourth-order valence-corrected chi connectivity index (χ4v) is 5.12. The second-order valence-corrected chi connectivity index (χ2v) is 9.64. The lowest BCUT2D eigenvalue weighted by Gasteiger charge is -2.23. The Morgan fingerprint density at radius 1 is 1.07 bits per heavy atom. The predicted molar refractivity (Wildman–Crippen MR) is 156 cm³/mol. The monoisotopic (exact) mass is 557 g/mol. The minimum absolute atomic E-state index is 0.156. The summed E-state index contributed by atoms with van der Waals surface area (Å²) in [4.78, 5) is 30.1. The van der Waals surface area contributed by atoms with Crippen molar-refractivity contribution in [2.24, 2.45) is 15.8 Å². The molecular weight excluding hydrogens is 528 g/mol. The summed E-state index contributed by atoms with van der Waals surface area (Å²) < 4.78 is 31.8. The first-order valence-corrected chi connectivity index (χ1v) is 13.1. The summed E-state index contributed by atoms with van der Waals surface area (Å²) >= 11 is 0. The van der Waals surface area contributed by atoms with Crippen molar-refractivity contribution in [1.82, 2.24) is 14.6 Å². The topological polar surface area (TPSA) is 119 Å². The van der Waals surface area contributed by atoms with Crippen LogP contribution < -0.4 is 21.9 Å². The van der Waals surface area contributed by atoms with Crippen LogP contribution in [0.4, 0.5) is 14.5 Å². The molecule has 3 heterocycles. The molecule has 0 aliphatic carbocycles. The number of hydrogen-bond acceptors (Lipinski definition) is 5. The maximum Gasteiger partial charge on any atom is 0.267 e. The van der Waals surface area contributed by atoms with E-state index < -0.39 is 23.1 Å². The van der Waals surface area contributed by atoms with Gasteiger partial charge in [-0.05, 0) is 86.6 Å². The second-order valence-electron chi connectivity index (χ2n) is 9.64. The van der Waals surface area contributed by atoms with Crippen LogP contribution in [0.1, 0.15) is 40.5 Å². The van der Waals surface area contributed by atoms with E-state index in [4.69, 9.17) is 5.73 Å². The Kier molecular flexibility index (Phi) is 7.88. The van der Waals surface area contributed by atoms with Gasteiger partial charge in [-0.1, -0.05) is 0 Å². The lowest BCUT2D eigenvalue weighted by atomic mass is 9.94. The number of benzene rings is 2. The largest absolute Gasteiger partial charge is 0.382 e. The summed E-state index contributed by atoms with van der Waals surface area (Å²) in [5.74, 6) is -1.39. The Morgan fingerprint density at radius 3 is 2.46 bits per heavy atom. The Morgan fingerprint density at radius 2 is 1.80 bits per heavy atom.